The van der Waals surface area contributed by atoms with E-state index in [0.717, 1.165) is 4.31 Å². The molecule has 0 saturated heterocycles. The molecule has 0 aliphatic heterocycles. The van der Waals surface area contributed by atoms with Gasteiger partial charge in [-0.15, -0.1) is 0 Å². The third-order valence-corrected chi connectivity index (χ3v) is 5.12. The van der Waals surface area contributed by atoms with E-state index in [0.29, 0.717) is 11.1 Å². The Kier molecular flexibility index (Phi) is 4.53. The molecule has 0 unspecified atom stereocenters. The van der Waals surface area contributed by atoms with Crippen LogP contribution in [-0.4, -0.2) is 36.4 Å². The van der Waals surface area contributed by atoms with Gasteiger partial charge in [0.05, 0.1) is 17.4 Å². The van der Waals surface area contributed by atoms with Crippen molar-refractivity contribution in [2.45, 2.75) is 25.1 Å². The SMILES string of the molecule is CN(C(C)(C)C(=O)O)S(=O)(=O)Cc1cccc(C#N)c1. The maximum absolute atomic E-state index is 12.2. The molecule has 1 N–H and O–H groups in total. The van der Waals surface area contributed by atoms with Gasteiger partial charge in [0, 0.05) is 7.05 Å². The summed E-state index contributed by atoms with van der Waals surface area (Å²) in [5.74, 6) is -1.58. The van der Waals surface area contributed by atoms with Crippen molar-refractivity contribution in [1.29, 1.82) is 5.26 Å². The maximum Gasteiger partial charge on any atom is 0.324 e. The second-order valence-corrected chi connectivity index (χ2v) is 6.90. The molecule has 20 heavy (non-hydrogen) atoms. The van der Waals surface area contributed by atoms with Gasteiger partial charge in [-0.1, -0.05) is 12.1 Å². The summed E-state index contributed by atoms with van der Waals surface area (Å²) in [6.45, 7) is 2.64. The first-order valence-electron chi connectivity index (χ1n) is 5.80. The summed E-state index contributed by atoms with van der Waals surface area (Å²) in [6.07, 6.45) is 0. The van der Waals surface area contributed by atoms with Crippen LogP contribution in [0.3, 0.4) is 0 Å². The average molecular weight is 296 g/mol. The van der Waals surface area contributed by atoms with E-state index in [9.17, 15) is 13.2 Å². The molecule has 0 spiro atoms. The van der Waals surface area contributed by atoms with Crippen molar-refractivity contribution >= 4 is 16.0 Å². The standard InChI is InChI=1S/C13H16N2O4S/c1-13(2,12(16)17)15(3)20(18,19)9-11-6-4-5-10(7-11)8-14/h4-7H,9H2,1-3H3,(H,16,17). The van der Waals surface area contributed by atoms with Crippen LogP contribution in [0, 0.1) is 11.3 Å². The maximum atomic E-state index is 12.2. The molecule has 0 atom stereocenters. The molecule has 0 radical (unpaired) electrons. The van der Waals surface area contributed by atoms with E-state index >= 15 is 0 Å². The van der Waals surface area contributed by atoms with Crippen LogP contribution >= 0.6 is 0 Å². The highest BCUT2D eigenvalue weighted by molar-refractivity contribution is 7.88. The van der Waals surface area contributed by atoms with Gasteiger partial charge in [0.15, 0.2) is 0 Å². The molecule has 0 saturated carbocycles. The quantitative estimate of drug-likeness (QED) is 0.879. The molecular formula is C13H16N2O4S. The summed E-state index contributed by atoms with van der Waals surface area (Å²) in [4.78, 5) is 11.1. The lowest BCUT2D eigenvalue weighted by Crippen LogP contribution is -2.50. The number of likely N-dealkylation sites (N-methyl/N-ethyl adjacent to an activating group) is 1. The van der Waals surface area contributed by atoms with Gasteiger partial charge >= 0.3 is 5.97 Å². The lowest BCUT2D eigenvalue weighted by Gasteiger charge is -2.30. The normalized spacial score (nSPS) is 12.2. The van der Waals surface area contributed by atoms with Crippen LogP contribution in [0.5, 0.6) is 0 Å². The highest BCUT2D eigenvalue weighted by Crippen LogP contribution is 2.20. The van der Waals surface area contributed by atoms with Crippen molar-refractivity contribution in [2.75, 3.05) is 7.05 Å². The molecule has 1 rings (SSSR count). The molecule has 0 fully saturated rings. The predicted molar refractivity (Wildman–Crippen MR) is 73.3 cm³/mol. The van der Waals surface area contributed by atoms with Gasteiger partial charge < -0.3 is 5.11 Å². The fraction of sp³-hybridized carbons (Fsp3) is 0.385. The Balaban J connectivity index is 3.07. The van der Waals surface area contributed by atoms with Crippen molar-refractivity contribution in [3.05, 3.63) is 35.4 Å². The number of carbonyl (C=O) groups is 1. The molecular weight excluding hydrogens is 280 g/mol. The van der Waals surface area contributed by atoms with Gasteiger partial charge in [0.25, 0.3) is 0 Å². The number of hydrogen-bond donors (Lipinski definition) is 1. The number of sulfonamides is 1. The zero-order chi connectivity index (χ0) is 15.6. The average Bonchev–Trinajstić information content (AvgIpc) is 2.37. The lowest BCUT2D eigenvalue weighted by molar-refractivity contribution is -0.145. The zero-order valence-electron chi connectivity index (χ0n) is 11.5. The molecule has 0 heterocycles. The summed E-state index contributed by atoms with van der Waals surface area (Å²) in [5, 5.41) is 17.9. The molecule has 1 aromatic rings. The van der Waals surface area contributed by atoms with Crippen LogP contribution in [0.2, 0.25) is 0 Å². The van der Waals surface area contributed by atoms with Crippen LogP contribution in [-0.2, 0) is 20.6 Å². The molecule has 108 valence electrons. The number of hydrogen-bond acceptors (Lipinski definition) is 4. The van der Waals surface area contributed by atoms with E-state index in [-0.39, 0.29) is 5.75 Å². The van der Waals surface area contributed by atoms with E-state index in [4.69, 9.17) is 10.4 Å². The summed E-state index contributed by atoms with van der Waals surface area (Å²) in [5.41, 5.74) is -0.735. The second-order valence-electron chi connectivity index (χ2n) is 4.90. The molecule has 0 aromatic heterocycles. The van der Waals surface area contributed by atoms with Crippen molar-refractivity contribution in [1.82, 2.24) is 4.31 Å². The van der Waals surface area contributed by atoms with Crippen molar-refractivity contribution in [3.63, 3.8) is 0 Å². The first-order valence-corrected chi connectivity index (χ1v) is 7.41. The minimum Gasteiger partial charge on any atom is -0.480 e. The molecule has 0 aliphatic rings. The highest BCUT2D eigenvalue weighted by atomic mass is 32.2. The number of nitrogens with zero attached hydrogens (tertiary/aromatic N) is 2. The monoisotopic (exact) mass is 296 g/mol. The summed E-state index contributed by atoms with van der Waals surface area (Å²) in [7, 11) is -2.56. The third kappa shape index (κ3) is 3.35. The third-order valence-electron chi connectivity index (χ3n) is 3.13. The Morgan fingerprint density at radius 1 is 1.45 bits per heavy atom. The van der Waals surface area contributed by atoms with E-state index < -0.39 is 21.5 Å². The first kappa shape index (κ1) is 16.1. The van der Waals surface area contributed by atoms with E-state index in [1.165, 1.54) is 27.0 Å². The molecule has 0 aliphatic carbocycles. The lowest BCUT2D eigenvalue weighted by atomic mass is 10.1. The Morgan fingerprint density at radius 3 is 2.55 bits per heavy atom. The van der Waals surface area contributed by atoms with Gasteiger partial charge in [-0.05, 0) is 31.5 Å². The summed E-state index contributed by atoms with van der Waals surface area (Å²) in [6, 6.07) is 8.14. The van der Waals surface area contributed by atoms with Gasteiger partial charge in [0.1, 0.15) is 5.54 Å². The number of benzene rings is 1. The van der Waals surface area contributed by atoms with Crippen molar-refractivity contribution in [2.24, 2.45) is 0 Å². The number of nitriles is 1. The first-order chi connectivity index (χ1) is 9.11. The topological polar surface area (TPSA) is 98.5 Å². The molecule has 0 bridgehead atoms. The Hall–Kier alpha value is -1.91. The highest BCUT2D eigenvalue weighted by Gasteiger charge is 2.39. The smallest absolute Gasteiger partial charge is 0.324 e. The molecule has 0 amide bonds. The molecule has 1 aromatic carbocycles. The van der Waals surface area contributed by atoms with Gasteiger partial charge in [0.2, 0.25) is 10.0 Å². The number of aliphatic carboxylic acids is 1. The molecule has 6 nitrogen and oxygen atoms in total. The number of carboxylic acids is 1. The summed E-state index contributed by atoms with van der Waals surface area (Å²) < 4.78 is 25.3. The Morgan fingerprint density at radius 2 is 2.05 bits per heavy atom. The fourth-order valence-corrected chi connectivity index (χ4v) is 3.09. The van der Waals surface area contributed by atoms with E-state index in [1.54, 1.807) is 18.2 Å². The number of rotatable bonds is 5. The van der Waals surface area contributed by atoms with Gasteiger partial charge in [-0.2, -0.15) is 9.57 Å². The minimum absolute atomic E-state index is 0.351. The van der Waals surface area contributed by atoms with Crippen molar-refractivity contribution < 1.29 is 18.3 Å². The van der Waals surface area contributed by atoms with Gasteiger partial charge in [-0.3, -0.25) is 4.79 Å². The van der Waals surface area contributed by atoms with E-state index in [2.05, 4.69) is 0 Å². The fourth-order valence-electron chi connectivity index (χ4n) is 1.52. The largest absolute Gasteiger partial charge is 0.480 e. The number of carboxylic acid groups (broad SMARTS) is 1. The van der Waals surface area contributed by atoms with Crippen LogP contribution in [0.1, 0.15) is 25.0 Å². The van der Waals surface area contributed by atoms with E-state index in [1.807, 2.05) is 6.07 Å². The van der Waals surface area contributed by atoms with Crippen LogP contribution < -0.4 is 0 Å². The van der Waals surface area contributed by atoms with Crippen LogP contribution in [0.25, 0.3) is 0 Å². The van der Waals surface area contributed by atoms with Crippen LogP contribution in [0.15, 0.2) is 24.3 Å². The summed E-state index contributed by atoms with van der Waals surface area (Å²) >= 11 is 0. The Bertz CT molecular complexity index is 659. The Labute approximate surface area is 118 Å². The predicted octanol–water partition coefficient (Wildman–Crippen LogP) is 1.18. The van der Waals surface area contributed by atoms with Gasteiger partial charge in [-0.25, -0.2) is 8.42 Å². The van der Waals surface area contributed by atoms with Crippen molar-refractivity contribution in [3.8, 4) is 6.07 Å². The minimum atomic E-state index is -3.80. The second kappa shape index (κ2) is 5.61. The van der Waals surface area contributed by atoms with Crippen LogP contribution in [0.4, 0.5) is 0 Å². The zero-order valence-corrected chi connectivity index (χ0v) is 12.3. The molecule has 7 heteroatoms.